The van der Waals surface area contributed by atoms with E-state index in [1.807, 2.05) is 6.26 Å². The molecule has 0 bridgehead atoms. The lowest BCUT2D eigenvalue weighted by atomic mass is 10.2. The summed E-state index contributed by atoms with van der Waals surface area (Å²) in [5.41, 5.74) is -0.361. The van der Waals surface area contributed by atoms with Crippen LogP contribution in [0.4, 0.5) is 15.8 Å². The fraction of sp³-hybridized carbons (Fsp3) is 0.500. The van der Waals surface area contributed by atoms with Gasteiger partial charge in [-0.3, -0.25) is 10.1 Å². The Kier molecular flexibility index (Phi) is 3.84. The zero-order valence-electron chi connectivity index (χ0n) is 10.7. The van der Waals surface area contributed by atoms with Crippen LogP contribution in [0.25, 0.3) is 0 Å². The molecule has 1 aromatic carbocycles. The third kappa shape index (κ3) is 2.91. The van der Waals surface area contributed by atoms with Crippen molar-refractivity contribution >= 4 is 23.1 Å². The third-order valence-electron chi connectivity index (χ3n) is 3.30. The smallest absolute Gasteiger partial charge is 0.327 e. The van der Waals surface area contributed by atoms with Crippen LogP contribution in [-0.2, 0) is 0 Å². The lowest BCUT2D eigenvalue weighted by molar-refractivity contribution is -0.386. The van der Waals surface area contributed by atoms with Crippen molar-refractivity contribution in [3.05, 3.63) is 28.1 Å². The molecule has 1 aliphatic rings. The zero-order chi connectivity index (χ0) is 14.0. The van der Waals surface area contributed by atoms with Gasteiger partial charge in [-0.25, -0.2) is 0 Å². The van der Waals surface area contributed by atoms with Crippen molar-refractivity contribution in [1.29, 1.82) is 0 Å². The minimum absolute atomic E-state index is 0.132. The number of methoxy groups -OCH3 is 1. The highest BCUT2D eigenvalue weighted by molar-refractivity contribution is 8.00. The number of nitro benzene ring substituents is 1. The van der Waals surface area contributed by atoms with E-state index in [1.54, 1.807) is 11.8 Å². The zero-order valence-corrected chi connectivity index (χ0v) is 11.6. The van der Waals surface area contributed by atoms with Gasteiger partial charge in [-0.1, -0.05) is 0 Å². The van der Waals surface area contributed by atoms with Crippen molar-refractivity contribution < 1.29 is 14.1 Å². The number of ether oxygens (including phenoxy) is 1. The van der Waals surface area contributed by atoms with E-state index >= 15 is 0 Å². The molecular weight excluding hydrogens is 271 g/mol. The lowest BCUT2D eigenvalue weighted by Gasteiger charge is -2.15. The second kappa shape index (κ2) is 5.24. The highest BCUT2D eigenvalue weighted by Gasteiger charge is 2.42. The van der Waals surface area contributed by atoms with E-state index in [0.29, 0.717) is 6.54 Å². The van der Waals surface area contributed by atoms with Crippen LogP contribution >= 0.6 is 11.8 Å². The van der Waals surface area contributed by atoms with Gasteiger partial charge in [-0.15, -0.1) is 0 Å². The Bertz CT molecular complexity index is 506. The number of hydrogen-bond acceptors (Lipinski definition) is 5. The van der Waals surface area contributed by atoms with Gasteiger partial charge >= 0.3 is 5.69 Å². The molecule has 0 heterocycles. The molecule has 0 unspecified atom stereocenters. The fourth-order valence-corrected chi connectivity index (χ4v) is 2.59. The number of rotatable bonds is 6. The molecule has 7 heteroatoms. The number of thioether (sulfide) groups is 1. The van der Waals surface area contributed by atoms with Gasteiger partial charge in [0.15, 0.2) is 0 Å². The molecule has 0 saturated heterocycles. The molecule has 0 amide bonds. The topological polar surface area (TPSA) is 64.4 Å². The molecule has 1 fully saturated rings. The summed E-state index contributed by atoms with van der Waals surface area (Å²) in [6.45, 7) is 0.585. The second-order valence-electron chi connectivity index (χ2n) is 4.50. The molecule has 5 nitrogen and oxygen atoms in total. The number of benzene rings is 1. The molecule has 0 atom stereocenters. The molecule has 0 aromatic heterocycles. The highest BCUT2D eigenvalue weighted by atomic mass is 32.2. The SMILES string of the molecule is COc1cc(F)c([N+](=O)[O-])c(NCC2(SC)CC2)c1. The molecule has 1 saturated carbocycles. The normalized spacial score (nSPS) is 15.9. The largest absolute Gasteiger partial charge is 0.497 e. The third-order valence-corrected chi connectivity index (χ3v) is 4.72. The lowest BCUT2D eigenvalue weighted by Crippen LogP contribution is -2.18. The Morgan fingerprint density at radius 1 is 1.58 bits per heavy atom. The summed E-state index contributed by atoms with van der Waals surface area (Å²) in [4.78, 5) is 10.2. The van der Waals surface area contributed by atoms with E-state index in [0.717, 1.165) is 18.9 Å². The summed E-state index contributed by atoms with van der Waals surface area (Å²) in [5, 5.41) is 13.9. The van der Waals surface area contributed by atoms with Crippen LogP contribution in [0.15, 0.2) is 12.1 Å². The number of nitro groups is 1. The maximum absolute atomic E-state index is 13.7. The first-order valence-electron chi connectivity index (χ1n) is 5.82. The van der Waals surface area contributed by atoms with Crippen molar-refractivity contribution in [3.8, 4) is 5.75 Å². The monoisotopic (exact) mass is 286 g/mol. The fourth-order valence-electron chi connectivity index (χ4n) is 1.86. The van der Waals surface area contributed by atoms with Crippen LogP contribution in [0.5, 0.6) is 5.75 Å². The van der Waals surface area contributed by atoms with E-state index in [1.165, 1.54) is 13.2 Å². The number of halogens is 1. The Balaban J connectivity index is 2.26. The van der Waals surface area contributed by atoms with Gasteiger partial charge in [0.25, 0.3) is 0 Å². The number of hydrogen-bond donors (Lipinski definition) is 1. The van der Waals surface area contributed by atoms with Gasteiger partial charge in [-0.2, -0.15) is 16.2 Å². The van der Waals surface area contributed by atoms with Crippen molar-refractivity contribution in [1.82, 2.24) is 0 Å². The average Bonchev–Trinajstić information content (AvgIpc) is 3.15. The molecule has 0 aliphatic heterocycles. The van der Waals surface area contributed by atoms with Crippen LogP contribution in [-0.4, -0.2) is 29.6 Å². The van der Waals surface area contributed by atoms with E-state index in [4.69, 9.17) is 4.74 Å². The number of nitrogens with zero attached hydrogens (tertiary/aromatic N) is 1. The van der Waals surface area contributed by atoms with Crippen molar-refractivity contribution in [3.63, 3.8) is 0 Å². The summed E-state index contributed by atoms with van der Waals surface area (Å²) < 4.78 is 18.8. The molecule has 19 heavy (non-hydrogen) atoms. The Labute approximate surface area is 114 Å². The minimum atomic E-state index is -0.888. The van der Waals surface area contributed by atoms with Gasteiger partial charge in [0.2, 0.25) is 5.82 Å². The molecule has 1 aromatic rings. The Morgan fingerprint density at radius 3 is 2.74 bits per heavy atom. The van der Waals surface area contributed by atoms with Crippen LogP contribution < -0.4 is 10.1 Å². The van der Waals surface area contributed by atoms with Gasteiger partial charge in [0, 0.05) is 23.4 Å². The predicted molar refractivity (Wildman–Crippen MR) is 73.6 cm³/mol. The molecular formula is C12H15FN2O3S. The summed E-state index contributed by atoms with van der Waals surface area (Å²) in [7, 11) is 1.40. The summed E-state index contributed by atoms with van der Waals surface area (Å²) in [5.74, 6) is -0.625. The first-order chi connectivity index (χ1) is 9.01. The molecule has 104 valence electrons. The van der Waals surface area contributed by atoms with E-state index in [-0.39, 0.29) is 16.2 Å². The van der Waals surface area contributed by atoms with Crippen molar-refractivity contribution in [2.24, 2.45) is 0 Å². The number of anilines is 1. The van der Waals surface area contributed by atoms with Crippen LogP contribution in [0.2, 0.25) is 0 Å². The van der Waals surface area contributed by atoms with Crippen LogP contribution in [0.3, 0.4) is 0 Å². The second-order valence-corrected chi connectivity index (χ2v) is 5.78. The van der Waals surface area contributed by atoms with E-state index in [9.17, 15) is 14.5 Å². The standard InChI is InChI=1S/C12H15FN2O3S/c1-18-8-5-9(13)11(15(16)17)10(6-8)14-7-12(19-2)3-4-12/h5-6,14H,3-4,7H2,1-2H3. The van der Waals surface area contributed by atoms with Gasteiger partial charge in [0.1, 0.15) is 11.4 Å². The van der Waals surface area contributed by atoms with Gasteiger partial charge in [0.05, 0.1) is 12.0 Å². The predicted octanol–water partition coefficient (Wildman–Crippen LogP) is 3.05. The van der Waals surface area contributed by atoms with Crippen LogP contribution in [0, 0.1) is 15.9 Å². The van der Waals surface area contributed by atoms with Crippen molar-refractivity contribution in [2.75, 3.05) is 25.2 Å². The maximum atomic E-state index is 13.7. The molecule has 0 radical (unpaired) electrons. The average molecular weight is 286 g/mol. The minimum Gasteiger partial charge on any atom is -0.497 e. The maximum Gasteiger partial charge on any atom is 0.327 e. The van der Waals surface area contributed by atoms with E-state index < -0.39 is 16.4 Å². The van der Waals surface area contributed by atoms with Gasteiger partial charge < -0.3 is 10.1 Å². The summed E-state index contributed by atoms with van der Waals surface area (Å²) in [6.07, 6.45) is 4.15. The molecule has 0 spiro atoms. The molecule has 1 aliphatic carbocycles. The number of nitrogens with one attached hydrogen (secondary N) is 1. The summed E-state index contributed by atoms with van der Waals surface area (Å²) >= 11 is 1.73. The highest BCUT2D eigenvalue weighted by Crippen LogP contribution is 2.47. The Hall–Kier alpha value is -1.50. The molecule has 1 N–H and O–H groups in total. The van der Waals surface area contributed by atoms with Crippen molar-refractivity contribution in [2.45, 2.75) is 17.6 Å². The van der Waals surface area contributed by atoms with E-state index in [2.05, 4.69) is 5.32 Å². The van der Waals surface area contributed by atoms with Crippen LogP contribution in [0.1, 0.15) is 12.8 Å². The molecule has 2 rings (SSSR count). The quantitative estimate of drug-likeness (QED) is 0.643. The first kappa shape index (κ1) is 13.9. The first-order valence-corrected chi connectivity index (χ1v) is 7.05. The van der Waals surface area contributed by atoms with Gasteiger partial charge in [-0.05, 0) is 19.1 Å². The Morgan fingerprint density at radius 2 is 2.26 bits per heavy atom. The summed E-state index contributed by atoms with van der Waals surface area (Å²) in [6, 6.07) is 2.47.